The van der Waals surface area contributed by atoms with Crippen LogP contribution in [0.1, 0.15) is 43.5 Å². The van der Waals surface area contributed by atoms with Crippen LogP contribution in [-0.2, 0) is 9.53 Å². The first kappa shape index (κ1) is 23.3. The minimum atomic E-state index is -0.769. The summed E-state index contributed by atoms with van der Waals surface area (Å²) in [7, 11) is 0. The average molecular weight is 428 g/mol. The molecule has 1 aliphatic heterocycles. The van der Waals surface area contributed by atoms with Crippen LogP contribution >= 0.6 is 11.6 Å². The summed E-state index contributed by atoms with van der Waals surface area (Å²) >= 11 is 6.07. The summed E-state index contributed by atoms with van der Waals surface area (Å²) in [5.74, 6) is -0.676. The lowest BCUT2D eigenvalue weighted by atomic mass is 10.1. The molecule has 0 radical (unpaired) electrons. The Balaban J connectivity index is 1.90. The zero-order valence-electron chi connectivity index (χ0n) is 16.9. The van der Waals surface area contributed by atoms with Crippen LogP contribution in [0.15, 0.2) is 12.1 Å². The van der Waals surface area contributed by atoms with Gasteiger partial charge in [0.15, 0.2) is 0 Å². The van der Waals surface area contributed by atoms with Gasteiger partial charge in [-0.05, 0) is 32.8 Å². The number of amides is 1. The Morgan fingerprint density at radius 1 is 1.48 bits per heavy atom. The summed E-state index contributed by atoms with van der Waals surface area (Å²) in [5.41, 5.74) is 6.49. The SMILES string of the molecule is CCOc1cc(N)c(Cl)cc1C(=O)NC[C@H]1CN(C(C)CCCC(=O)O)CCO1. The van der Waals surface area contributed by atoms with Gasteiger partial charge >= 0.3 is 5.97 Å². The van der Waals surface area contributed by atoms with Crippen LogP contribution in [0.3, 0.4) is 0 Å². The van der Waals surface area contributed by atoms with Gasteiger partial charge in [-0.25, -0.2) is 0 Å². The molecule has 0 aliphatic carbocycles. The summed E-state index contributed by atoms with van der Waals surface area (Å²) in [5, 5.41) is 12.0. The Morgan fingerprint density at radius 3 is 2.93 bits per heavy atom. The Morgan fingerprint density at radius 2 is 2.24 bits per heavy atom. The molecule has 2 rings (SSSR count). The Kier molecular flexibility index (Phi) is 9.00. The van der Waals surface area contributed by atoms with Gasteiger partial charge in [-0.15, -0.1) is 0 Å². The number of benzene rings is 1. The third kappa shape index (κ3) is 7.06. The highest BCUT2D eigenvalue weighted by Gasteiger charge is 2.25. The number of nitrogens with one attached hydrogen (secondary N) is 1. The number of nitrogen functional groups attached to an aromatic ring is 1. The van der Waals surface area contributed by atoms with Crippen LogP contribution in [0.5, 0.6) is 5.75 Å². The highest BCUT2D eigenvalue weighted by atomic mass is 35.5. The number of nitrogens with zero attached hydrogens (tertiary/aromatic N) is 1. The van der Waals surface area contributed by atoms with Crippen molar-refractivity contribution in [3.63, 3.8) is 0 Å². The number of rotatable bonds is 10. The largest absolute Gasteiger partial charge is 0.493 e. The summed E-state index contributed by atoms with van der Waals surface area (Å²) in [6.45, 7) is 6.71. The molecule has 8 nitrogen and oxygen atoms in total. The maximum Gasteiger partial charge on any atom is 0.303 e. The second-order valence-electron chi connectivity index (χ2n) is 7.14. The van der Waals surface area contributed by atoms with E-state index in [1.807, 2.05) is 6.92 Å². The normalized spacial score (nSPS) is 18.2. The van der Waals surface area contributed by atoms with Crippen molar-refractivity contribution in [3.05, 3.63) is 22.7 Å². The molecular formula is C20H30ClN3O5. The third-order valence-electron chi connectivity index (χ3n) is 4.94. The van der Waals surface area contributed by atoms with Gasteiger partial charge in [0.25, 0.3) is 5.91 Å². The predicted molar refractivity (Wildman–Crippen MR) is 112 cm³/mol. The van der Waals surface area contributed by atoms with E-state index in [2.05, 4.69) is 17.1 Å². The fraction of sp³-hybridized carbons (Fsp3) is 0.600. The number of hydrogen-bond acceptors (Lipinski definition) is 6. The minimum Gasteiger partial charge on any atom is -0.493 e. The van der Waals surface area contributed by atoms with Gasteiger partial charge in [0.1, 0.15) is 5.75 Å². The van der Waals surface area contributed by atoms with Gasteiger partial charge in [-0.3, -0.25) is 14.5 Å². The molecule has 9 heteroatoms. The molecule has 1 aromatic rings. The van der Waals surface area contributed by atoms with Crippen LogP contribution in [0, 0.1) is 0 Å². The molecule has 0 bridgehead atoms. The highest BCUT2D eigenvalue weighted by Crippen LogP contribution is 2.29. The monoisotopic (exact) mass is 427 g/mol. The second kappa shape index (κ2) is 11.2. The van der Waals surface area contributed by atoms with Gasteiger partial charge in [-0.2, -0.15) is 0 Å². The minimum absolute atomic E-state index is 0.144. The van der Waals surface area contributed by atoms with E-state index < -0.39 is 5.97 Å². The highest BCUT2D eigenvalue weighted by molar-refractivity contribution is 6.33. The molecule has 1 saturated heterocycles. The molecule has 1 unspecified atom stereocenters. The number of halogens is 1. The zero-order chi connectivity index (χ0) is 21.4. The number of carboxylic acids is 1. The van der Waals surface area contributed by atoms with Crippen LogP contribution in [0.25, 0.3) is 0 Å². The first-order valence-electron chi connectivity index (χ1n) is 9.89. The summed E-state index contributed by atoms with van der Waals surface area (Å²) in [4.78, 5) is 25.6. The topological polar surface area (TPSA) is 114 Å². The number of carbonyl (C=O) groups is 2. The van der Waals surface area contributed by atoms with E-state index in [1.165, 1.54) is 6.07 Å². The quantitative estimate of drug-likeness (QED) is 0.491. The molecule has 0 aromatic heterocycles. The molecular weight excluding hydrogens is 398 g/mol. The fourth-order valence-electron chi connectivity index (χ4n) is 3.32. The molecule has 1 aromatic carbocycles. The molecule has 0 saturated carbocycles. The molecule has 2 atom stereocenters. The first-order valence-corrected chi connectivity index (χ1v) is 10.3. The maximum absolute atomic E-state index is 12.7. The summed E-state index contributed by atoms with van der Waals surface area (Å²) in [6, 6.07) is 3.32. The molecule has 29 heavy (non-hydrogen) atoms. The molecule has 0 spiro atoms. The maximum atomic E-state index is 12.7. The number of nitrogens with two attached hydrogens (primary N) is 1. The number of carbonyl (C=O) groups excluding carboxylic acids is 1. The summed E-state index contributed by atoms with van der Waals surface area (Å²) in [6.07, 6.45) is 1.50. The van der Waals surface area contributed by atoms with E-state index in [4.69, 9.17) is 31.9 Å². The lowest BCUT2D eigenvalue weighted by Gasteiger charge is -2.37. The van der Waals surface area contributed by atoms with Crippen molar-refractivity contribution in [1.82, 2.24) is 10.2 Å². The van der Waals surface area contributed by atoms with E-state index in [1.54, 1.807) is 6.07 Å². The fourth-order valence-corrected chi connectivity index (χ4v) is 3.48. The lowest BCUT2D eigenvalue weighted by Crippen LogP contribution is -2.50. The van der Waals surface area contributed by atoms with Crippen molar-refractivity contribution >= 4 is 29.2 Å². The van der Waals surface area contributed by atoms with Crippen molar-refractivity contribution in [2.45, 2.75) is 45.3 Å². The van der Waals surface area contributed by atoms with Crippen LogP contribution in [0.2, 0.25) is 5.02 Å². The number of morpholine rings is 1. The van der Waals surface area contributed by atoms with Crippen molar-refractivity contribution < 1.29 is 24.2 Å². The molecule has 1 aliphatic rings. The Hall–Kier alpha value is -2.03. The van der Waals surface area contributed by atoms with Crippen molar-refractivity contribution in [2.75, 3.05) is 38.6 Å². The van der Waals surface area contributed by atoms with E-state index in [9.17, 15) is 9.59 Å². The van der Waals surface area contributed by atoms with E-state index >= 15 is 0 Å². The zero-order valence-corrected chi connectivity index (χ0v) is 17.7. The smallest absolute Gasteiger partial charge is 0.303 e. The third-order valence-corrected chi connectivity index (χ3v) is 5.27. The number of anilines is 1. The number of carboxylic acid groups (broad SMARTS) is 1. The molecule has 1 amide bonds. The van der Waals surface area contributed by atoms with Crippen LogP contribution < -0.4 is 15.8 Å². The van der Waals surface area contributed by atoms with Gasteiger partial charge in [0.05, 0.1) is 35.6 Å². The van der Waals surface area contributed by atoms with Gasteiger partial charge < -0.3 is 25.6 Å². The number of hydrogen-bond donors (Lipinski definition) is 3. The van der Waals surface area contributed by atoms with Gasteiger partial charge in [-0.1, -0.05) is 11.6 Å². The standard InChI is InChI=1S/C20H30ClN3O5/c1-3-28-18-10-17(22)16(21)9-15(18)20(27)23-11-14-12-24(7-8-29-14)13(2)5-4-6-19(25)26/h9-10,13-14H,3-8,11-12,22H2,1-2H3,(H,23,27)(H,25,26)/t13?,14-/m0/s1. The predicted octanol–water partition coefficient (Wildman–Crippen LogP) is 2.39. The van der Waals surface area contributed by atoms with E-state index in [-0.39, 0.29) is 24.5 Å². The van der Waals surface area contributed by atoms with Crippen molar-refractivity contribution in [2.24, 2.45) is 0 Å². The van der Waals surface area contributed by atoms with Gasteiger partial charge in [0, 0.05) is 38.2 Å². The number of aliphatic carboxylic acids is 1. The molecule has 1 heterocycles. The average Bonchev–Trinajstić information content (AvgIpc) is 2.68. The van der Waals surface area contributed by atoms with Crippen LogP contribution in [-0.4, -0.2) is 66.9 Å². The van der Waals surface area contributed by atoms with Crippen LogP contribution in [0.4, 0.5) is 5.69 Å². The number of ether oxygens (including phenoxy) is 2. The Labute approximate surface area is 176 Å². The van der Waals surface area contributed by atoms with E-state index in [0.29, 0.717) is 54.7 Å². The van der Waals surface area contributed by atoms with Gasteiger partial charge in [0.2, 0.25) is 0 Å². The van der Waals surface area contributed by atoms with E-state index in [0.717, 1.165) is 13.0 Å². The molecule has 1 fully saturated rings. The lowest BCUT2D eigenvalue weighted by molar-refractivity contribution is -0.137. The second-order valence-corrected chi connectivity index (χ2v) is 7.54. The molecule has 162 valence electrons. The van der Waals surface area contributed by atoms with Crippen molar-refractivity contribution in [1.29, 1.82) is 0 Å². The molecule has 4 N–H and O–H groups in total. The van der Waals surface area contributed by atoms with Crippen molar-refractivity contribution in [3.8, 4) is 5.75 Å². The summed E-state index contributed by atoms with van der Waals surface area (Å²) < 4.78 is 11.3. The first-order chi connectivity index (χ1) is 13.8. The Bertz CT molecular complexity index is 716.